The topological polar surface area (TPSA) is 102 Å². The molecule has 8 nitrogen and oxygen atoms in total. The first-order valence-electron chi connectivity index (χ1n) is 10.2. The molecule has 1 atom stereocenters. The number of rotatable bonds is 6. The molecule has 0 aromatic heterocycles. The van der Waals surface area contributed by atoms with Crippen LogP contribution in [0.25, 0.3) is 0 Å². The van der Waals surface area contributed by atoms with Crippen LogP contribution in [0.1, 0.15) is 25.7 Å². The molecule has 2 aromatic carbocycles. The monoisotopic (exact) mass is 431 g/mol. The number of hydrogen-bond acceptors (Lipinski definition) is 6. The summed E-state index contributed by atoms with van der Waals surface area (Å²) in [4.78, 5) is 13.1. The summed E-state index contributed by atoms with van der Waals surface area (Å²) in [7, 11) is -3.93. The third-order valence-corrected chi connectivity index (χ3v) is 7.23. The first-order chi connectivity index (χ1) is 14.4. The molecule has 160 valence electrons. The summed E-state index contributed by atoms with van der Waals surface area (Å²) in [6.45, 7) is 2.21. The number of piperidine rings is 1. The number of nitrogens with zero attached hydrogens (tertiary/aromatic N) is 2. The highest BCUT2D eigenvalue weighted by atomic mass is 32.2. The molecule has 2 saturated heterocycles. The predicted molar refractivity (Wildman–Crippen MR) is 114 cm³/mol. The highest BCUT2D eigenvalue weighted by Gasteiger charge is 2.32. The van der Waals surface area contributed by atoms with E-state index in [9.17, 15) is 18.5 Å². The van der Waals surface area contributed by atoms with Crippen molar-refractivity contribution in [3.05, 3.63) is 58.6 Å². The normalized spacial score (nSPS) is 20.3. The molecule has 4 rings (SSSR count). The lowest BCUT2D eigenvalue weighted by atomic mass is 9.89. The summed E-state index contributed by atoms with van der Waals surface area (Å²) in [6.07, 6.45) is 4.32. The van der Waals surface area contributed by atoms with Crippen molar-refractivity contribution in [2.75, 3.05) is 29.3 Å². The molecular formula is C21H25N3O5S. The molecule has 0 radical (unpaired) electrons. The maximum Gasteiger partial charge on any atom is 0.293 e. The van der Waals surface area contributed by atoms with Crippen LogP contribution in [0.15, 0.2) is 53.4 Å². The fourth-order valence-electron chi connectivity index (χ4n) is 4.29. The molecule has 30 heavy (non-hydrogen) atoms. The van der Waals surface area contributed by atoms with Crippen molar-refractivity contribution < 1.29 is 18.1 Å². The van der Waals surface area contributed by atoms with E-state index in [1.807, 2.05) is 4.90 Å². The Morgan fingerprint density at radius 2 is 1.80 bits per heavy atom. The standard InChI is InChI=1S/C21H25N3O5S/c25-24(26)20-15-18(30(27,28)22-17-5-2-1-3-6-17)8-9-19(20)23-12-10-16(11-13-23)21-7-4-14-29-21/h1-3,5-6,8-9,15-16,21-22H,4,7,10-14H2. The second-order valence-corrected chi connectivity index (χ2v) is 9.44. The van der Waals surface area contributed by atoms with Crippen molar-refractivity contribution in [1.82, 2.24) is 0 Å². The van der Waals surface area contributed by atoms with Gasteiger partial charge in [0.05, 0.1) is 15.9 Å². The van der Waals surface area contributed by atoms with Crippen molar-refractivity contribution in [2.45, 2.75) is 36.7 Å². The number of benzene rings is 2. The summed E-state index contributed by atoms with van der Waals surface area (Å²) in [6, 6.07) is 12.6. The van der Waals surface area contributed by atoms with Crippen molar-refractivity contribution in [2.24, 2.45) is 5.92 Å². The summed E-state index contributed by atoms with van der Waals surface area (Å²) in [5, 5.41) is 11.7. The van der Waals surface area contributed by atoms with E-state index < -0.39 is 14.9 Å². The van der Waals surface area contributed by atoms with Gasteiger partial charge in [0, 0.05) is 31.5 Å². The fourth-order valence-corrected chi connectivity index (χ4v) is 5.37. The number of hydrogen-bond donors (Lipinski definition) is 1. The van der Waals surface area contributed by atoms with Crippen LogP contribution in [0, 0.1) is 16.0 Å². The Hall–Kier alpha value is -2.65. The Labute approximate surface area is 176 Å². The molecule has 2 aliphatic rings. The van der Waals surface area contributed by atoms with Crippen LogP contribution in [0.5, 0.6) is 0 Å². The maximum absolute atomic E-state index is 12.7. The van der Waals surface area contributed by atoms with E-state index in [1.165, 1.54) is 6.07 Å². The van der Waals surface area contributed by atoms with E-state index in [1.54, 1.807) is 36.4 Å². The van der Waals surface area contributed by atoms with Gasteiger partial charge in [-0.05, 0) is 55.9 Å². The number of para-hydroxylation sites is 1. The van der Waals surface area contributed by atoms with Crippen molar-refractivity contribution >= 4 is 27.1 Å². The molecule has 1 unspecified atom stereocenters. The van der Waals surface area contributed by atoms with Gasteiger partial charge in [-0.2, -0.15) is 0 Å². The number of nitro groups is 1. The molecule has 2 aromatic rings. The van der Waals surface area contributed by atoms with E-state index in [-0.39, 0.29) is 10.6 Å². The van der Waals surface area contributed by atoms with Gasteiger partial charge in [-0.3, -0.25) is 14.8 Å². The van der Waals surface area contributed by atoms with Gasteiger partial charge in [0.25, 0.3) is 15.7 Å². The zero-order valence-electron chi connectivity index (χ0n) is 16.6. The molecular weight excluding hydrogens is 406 g/mol. The van der Waals surface area contributed by atoms with E-state index in [0.717, 1.165) is 38.4 Å². The molecule has 0 spiro atoms. The molecule has 1 N–H and O–H groups in total. The minimum absolute atomic E-state index is 0.129. The van der Waals surface area contributed by atoms with Crippen LogP contribution in [0.3, 0.4) is 0 Å². The van der Waals surface area contributed by atoms with Gasteiger partial charge in [-0.15, -0.1) is 0 Å². The van der Waals surface area contributed by atoms with Gasteiger partial charge in [0.2, 0.25) is 0 Å². The van der Waals surface area contributed by atoms with Crippen LogP contribution in [-0.2, 0) is 14.8 Å². The van der Waals surface area contributed by atoms with Crippen LogP contribution in [0.2, 0.25) is 0 Å². The van der Waals surface area contributed by atoms with Crippen LogP contribution < -0.4 is 9.62 Å². The first-order valence-corrected chi connectivity index (χ1v) is 11.7. The SMILES string of the molecule is O=[N+]([O-])c1cc(S(=O)(=O)Nc2ccccc2)ccc1N1CCC(C2CCCO2)CC1. The van der Waals surface area contributed by atoms with Crippen molar-refractivity contribution in [1.29, 1.82) is 0 Å². The smallest absolute Gasteiger partial charge is 0.293 e. The average molecular weight is 432 g/mol. The number of nitrogens with one attached hydrogen (secondary N) is 1. The summed E-state index contributed by atoms with van der Waals surface area (Å²) in [5.74, 6) is 0.484. The number of sulfonamides is 1. The van der Waals surface area contributed by atoms with Crippen molar-refractivity contribution in [3.63, 3.8) is 0 Å². The summed E-state index contributed by atoms with van der Waals surface area (Å²) in [5.41, 5.74) is 0.673. The maximum atomic E-state index is 12.7. The molecule has 2 heterocycles. The molecule has 0 bridgehead atoms. The third kappa shape index (κ3) is 4.41. The number of ether oxygens (including phenoxy) is 1. The van der Waals surface area contributed by atoms with Crippen LogP contribution >= 0.6 is 0 Å². The summed E-state index contributed by atoms with van der Waals surface area (Å²) >= 11 is 0. The fraction of sp³-hybridized carbons (Fsp3) is 0.429. The minimum Gasteiger partial charge on any atom is -0.378 e. The average Bonchev–Trinajstić information content (AvgIpc) is 3.29. The van der Waals surface area contributed by atoms with Crippen LogP contribution in [-0.4, -0.2) is 39.1 Å². The van der Waals surface area contributed by atoms with E-state index in [4.69, 9.17) is 4.74 Å². The zero-order valence-corrected chi connectivity index (χ0v) is 17.4. The molecule has 0 amide bonds. The Bertz CT molecular complexity index is 999. The largest absolute Gasteiger partial charge is 0.378 e. The second-order valence-electron chi connectivity index (χ2n) is 7.76. The highest BCUT2D eigenvalue weighted by molar-refractivity contribution is 7.92. The lowest BCUT2D eigenvalue weighted by molar-refractivity contribution is -0.384. The Balaban J connectivity index is 1.53. The van der Waals surface area contributed by atoms with Crippen LogP contribution in [0.4, 0.5) is 17.1 Å². The van der Waals surface area contributed by atoms with Gasteiger partial charge in [-0.1, -0.05) is 18.2 Å². The lowest BCUT2D eigenvalue weighted by Crippen LogP contribution is -2.38. The molecule has 0 saturated carbocycles. The van der Waals surface area contributed by atoms with Crippen molar-refractivity contribution in [3.8, 4) is 0 Å². The van der Waals surface area contributed by atoms with Gasteiger partial charge in [-0.25, -0.2) is 8.42 Å². The van der Waals surface area contributed by atoms with E-state index in [0.29, 0.717) is 36.5 Å². The van der Waals surface area contributed by atoms with E-state index in [2.05, 4.69) is 4.72 Å². The number of nitro benzene ring substituents is 1. The molecule has 0 aliphatic carbocycles. The number of anilines is 2. The quantitative estimate of drug-likeness (QED) is 0.551. The molecule has 2 aliphatic heterocycles. The molecule has 9 heteroatoms. The van der Waals surface area contributed by atoms with Gasteiger partial charge >= 0.3 is 0 Å². The predicted octanol–water partition coefficient (Wildman–Crippen LogP) is 3.79. The van der Waals surface area contributed by atoms with E-state index >= 15 is 0 Å². The Morgan fingerprint density at radius 3 is 2.43 bits per heavy atom. The van der Waals surface area contributed by atoms with Gasteiger partial charge < -0.3 is 9.64 Å². The minimum atomic E-state index is -3.93. The summed E-state index contributed by atoms with van der Waals surface area (Å²) < 4.78 is 33.6. The van der Waals surface area contributed by atoms with Gasteiger partial charge in [0.1, 0.15) is 5.69 Å². The second kappa shape index (κ2) is 8.61. The third-order valence-electron chi connectivity index (χ3n) is 5.85. The zero-order chi connectivity index (χ0) is 21.1. The Morgan fingerprint density at radius 1 is 1.07 bits per heavy atom. The first kappa shape index (κ1) is 20.6. The highest BCUT2D eigenvalue weighted by Crippen LogP contribution is 2.36. The lowest BCUT2D eigenvalue weighted by Gasteiger charge is -2.35. The Kier molecular flexibility index (Phi) is 5.92. The van der Waals surface area contributed by atoms with Gasteiger partial charge in [0.15, 0.2) is 0 Å². The molecule has 2 fully saturated rings.